The van der Waals surface area contributed by atoms with Gasteiger partial charge in [0.1, 0.15) is 28.6 Å². The van der Waals surface area contributed by atoms with Crippen LogP contribution in [0.5, 0.6) is 5.75 Å². The molecule has 1 aromatic heterocycles. The van der Waals surface area contributed by atoms with Crippen LogP contribution in [0.2, 0.25) is 0 Å². The maximum Gasteiger partial charge on any atom is 0.261 e. The quantitative estimate of drug-likeness (QED) is 0.270. The van der Waals surface area contributed by atoms with Crippen molar-refractivity contribution < 1.29 is 13.5 Å². The molecule has 0 amide bonds. The summed E-state index contributed by atoms with van der Waals surface area (Å²) < 4.78 is 35.3. The predicted octanol–water partition coefficient (Wildman–Crippen LogP) is 6.04. The number of rotatable bonds is 9. The summed E-state index contributed by atoms with van der Waals surface area (Å²) in [5, 5.41) is 0.603. The molecule has 3 aliphatic heterocycles. The van der Waals surface area contributed by atoms with Crippen LogP contribution in [0.15, 0.2) is 35.1 Å². The van der Waals surface area contributed by atoms with Crippen molar-refractivity contribution in [2.24, 2.45) is 5.92 Å². The number of fused-ring (bicyclic) bond motifs is 1. The van der Waals surface area contributed by atoms with E-state index in [1.54, 1.807) is 18.2 Å². The monoisotopic (exact) mass is 654 g/mol. The number of likely N-dealkylation sites (tertiary alicyclic amines) is 2. The number of ether oxygens (including phenoxy) is 1. The van der Waals surface area contributed by atoms with Crippen LogP contribution in [-0.2, 0) is 5.75 Å². The molecule has 4 fully saturated rings. The number of benzene rings is 2. The molecule has 0 unspecified atom stereocenters. The summed E-state index contributed by atoms with van der Waals surface area (Å²) in [5.74, 6) is 1.23. The molecule has 3 N–H and O–H groups in total. The number of aromatic amines is 1. The zero-order chi connectivity index (χ0) is 32.2. The van der Waals surface area contributed by atoms with Crippen molar-refractivity contribution in [3.63, 3.8) is 0 Å². The Labute approximate surface area is 275 Å². The Balaban J connectivity index is 0.00000182. The fraction of sp³-hybridized carbons (Fsp3) is 0.600. The molecule has 1 aliphatic carbocycles. The van der Waals surface area contributed by atoms with Gasteiger partial charge in [-0.1, -0.05) is 33.1 Å². The van der Waals surface area contributed by atoms with E-state index in [-0.39, 0.29) is 11.2 Å². The van der Waals surface area contributed by atoms with Crippen LogP contribution in [0.1, 0.15) is 64.6 Å². The Bertz CT molecular complexity index is 1530. The van der Waals surface area contributed by atoms with Gasteiger partial charge in [-0.25, -0.2) is 13.8 Å². The summed E-state index contributed by atoms with van der Waals surface area (Å²) in [6.45, 7) is 10.4. The average molecular weight is 655 g/mol. The predicted molar refractivity (Wildman–Crippen MR) is 184 cm³/mol. The van der Waals surface area contributed by atoms with Crippen LogP contribution >= 0.6 is 11.8 Å². The minimum absolute atomic E-state index is 0.00126. The molecule has 1 saturated carbocycles. The Kier molecular flexibility index (Phi) is 10.7. The fourth-order valence-corrected chi connectivity index (χ4v) is 8.40. The molecule has 0 bridgehead atoms. The molecule has 0 radical (unpaired) electrons. The molecule has 46 heavy (non-hydrogen) atoms. The lowest BCUT2D eigenvalue weighted by atomic mass is 9.93. The molecule has 7 rings (SSSR count). The zero-order valence-corrected chi connectivity index (χ0v) is 28.0. The molecule has 11 heteroatoms. The highest BCUT2D eigenvalue weighted by Crippen LogP contribution is 2.33. The minimum atomic E-state index is -0.588. The normalized spacial score (nSPS) is 20.7. The highest BCUT2D eigenvalue weighted by atomic mass is 32.2. The largest absolute Gasteiger partial charge is 0.493 e. The second-order valence-electron chi connectivity index (χ2n) is 13.1. The van der Waals surface area contributed by atoms with Crippen molar-refractivity contribution in [3.05, 3.63) is 58.1 Å². The Morgan fingerprint density at radius 3 is 2.37 bits per heavy atom. The highest BCUT2D eigenvalue weighted by Gasteiger charge is 2.42. The van der Waals surface area contributed by atoms with Crippen LogP contribution in [0.25, 0.3) is 10.9 Å². The topological polar surface area (TPSA) is 90.7 Å². The summed E-state index contributed by atoms with van der Waals surface area (Å²) in [7, 11) is 0. The number of halogens is 2. The average Bonchev–Trinajstić information content (AvgIpc) is 3.02. The van der Waals surface area contributed by atoms with E-state index in [2.05, 4.69) is 24.7 Å². The van der Waals surface area contributed by atoms with E-state index in [1.807, 2.05) is 25.6 Å². The second-order valence-corrected chi connectivity index (χ2v) is 14.3. The van der Waals surface area contributed by atoms with Crippen LogP contribution in [0.3, 0.4) is 0 Å². The van der Waals surface area contributed by atoms with Crippen LogP contribution in [0.4, 0.5) is 20.2 Å². The summed E-state index contributed by atoms with van der Waals surface area (Å²) in [6, 6.07) is 9.01. The number of hydrogen-bond acceptors (Lipinski definition) is 8. The van der Waals surface area contributed by atoms with Gasteiger partial charge in [0.05, 0.1) is 23.6 Å². The molecule has 2 aromatic carbocycles. The number of aromatic nitrogens is 2. The van der Waals surface area contributed by atoms with Crippen LogP contribution < -0.4 is 20.9 Å². The number of anilines is 2. The van der Waals surface area contributed by atoms with Gasteiger partial charge in [-0.15, -0.1) is 0 Å². The summed E-state index contributed by atoms with van der Waals surface area (Å²) in [4.78, 5) is 27.2. The van der Waals surface area contributed by atoms with Gasteiger partial charge in [0.2, 0.25) is 0 Å². The number of nitrogens with zero attached hydrogens (tertiary/aromatic N) is 4. The lowest BCUT2D eigenvalue weighted by molar-refractivity contribution is -0.0192. The molecule has 3 saturated heterocycles. The Morgan fingerprint density at radius 2 is 1.65 bits per heavy atom. The van der Waals surface area contributed by atoms with Crippen molar-refractivity contribution in [3.8, 4) is 5.75 Å². The highest BCUT2D eigenvalue weighted by molar-refractivity contribution is 7.99. The Hall–Kier alpha value is -2.89. The standard InChI is InChI=1S/C33H42F2N6O2S.C2H6/c34-27-12-22(36)6-7-30(27)41-17-24(18-41)40-15-23(16-40)39-10-8-21(9-11-39)19-43-25-13-28(35)32-29(14-25)37-31(38-33(32)42)20-44-26-4-2-1-3-5-26;1-2/h6-7,12-14,21,23-24,26H,1-5,8-11,15-20,36H2,(H,37,38,42);1-2H3. The SMILES string of the molecule is CC.Nc1ccc(N2CC(N3CC(N4CCC(COc5cc(F)c6c(=O)[nH]c(CSC7CCCCC7)nc6c5)CC4)C3)C2)c(F)c1. The maximum atomic E-state index is 14.9. The van der Waals surface area contributed by atoms with Crippen molar-refractivity contribution in [2.75, 3.05) is 56.5 Å². The fourth-order valence-electron chi connectivity index (χ4n) is 7.21. The first-order valence-corrected chi connectivity index (χ1v) is 18.2. The number of H-pyrrole nitrogens is 1. The van der Waals surface area contributed by atoms with E-state index in [0.29, 0.717) is 64.1 Å². The molecule has 0 atom stereocenters. The molecule has 4 heterocycles. The first-order chi connectivity index (χ1) is 22.4. The molecule has 250 valence electrons. The van der Waals surface area contributed by atoms with E-state index >= 15 is 0 Å². The second kappa shape index (κ2) is 14.9. The van der Waals surface area contributed by atoms with Gasteiger partial charge >= 0.3 is 0 Å². The van der Waals surface area contributed by atoms with E-state index in [0.717, 1.165) is 52.1 Å². The minimum Gasteiger partial charge on any atom is -0.493 e. The van der Waals surface area contributed by atoms with Crippen molar-refractivity contribution in [1.29, 1.82) is 0 Å². The number of nitrogen functional groups attached to an aromatic ring is 1. The number of thioether (sulfide) groups is 1. The molecular weight excluding hydrogens is 606 g/mol. The first-order valence-electron chi connectivity index (χ1n) is 17.1. The lowest BCUT2D eigenvalue weighted by Crippen LogP contribution is -2.70. The van der Waals surface area contributed by atoms with E-state index in [1.165, 1.54) is 44.2 Å². The van der Waals surface area contributed by atoms with E-state index < -0.39 is 11.4 Å². The third kappa shape index (κ3) is 7.47. The third-order valence-corrected chi connectivity index (χ3v) is 11.4. The maximum absolute atomic E-state index is 14.9. The summed E-state index contributed by atoms with van der Waals surface area (Å²) in [5.41, 5.74) is 6.72. The number of nitrogens with two attached hydrogens (primary N) is 1. The van der Waals surface area contributed by atoms with Crippen molar-refractivity contribution >= 4 is 34.0 Å². The lowest BCUT2D eigenvalue weighted by Gasteiger charge is -2.55. The van der Waals surface area contributed by atoms with Crippen molar-refractivity contribution in [1.82, 2.24) is 19.8 Å². The molecule has 8 nitrogen and oxygen atoms in total. The van der Waals surface area contributed by atoms with Gasteiger partial charge in [-0.3, -0.25) is 14.6 Å². The molecular formula is C35H48F2N6O2S. The molecule has 0 spiro atoms. The van der Waals surface area contributed by atoms with E-state index in [4.69, 9.17) is 10.5 Å². The van der Waals surface area contributed by atoms with Crippen LogP contribution in [0, 0.1) is 17.6 Å². The number of piperidine rings is 1. The van der Waals surface area contributed by atoms with Crippen LogP contribution in [-0.4, -0.2) is 83.0 Å². The van der Waals surface area contributed by atoms with E-state index in [9.17, 15) is 13.6 Å². The van der Waals surface area contributed by atoms with Gasteiger partial charge in [0.15, 0.2) is 0 Å². The Morgan fingerprint density at radius 1 is 0.935 bits per heavy atom. The molecule has 4 aliphatic rings. The third-order valence-electron chi connectivity index (χ3n) is 10.0. The van der Waals surface area contributed by atoms with Gasteiger partial charge in [0, 0.05) is 61.3 Å². The van der Waals surface area contributed by atoms with Crippen molar-refractivity contribution in [2.45, 2.75) is 81.9 Å². The number of nitrogens with one attached hydrogen (secondary N) is 1. The summed E-state index contributed by atoms with van der Waals surface area (Å²) in [6.07, 6.45) is 8.34. The molecule has 3 aromatic rings. The van der Waals surface area contributed by atoms with Gasteiger partial charge < -0.3 is 20.4 Å². The zero-order valence-electron chi connectivity index (χ0n) is 27.1. The van der Waals surface area contributed by atoms with Gasteiger partial charge in [0.25, 0.3) is 5.56 Å². The first kappa shape index (κ1) is 33.0. The smallest absolute Gasteiger partial charge is 0.261 e. The van der Waals surface area contributed by atoms with Gasteiger partial charge in [-0.2, -0.15) is 11.8 Å². The van der Waals surface area contributed by atoms with Gasteiger partial charge in [-0.05, 0) is 62.9 Å². The summed E-state index contributed by atoms with van der Waals surface area (Å²) >= 11 is 1.84. The number of hydrogen-bond donors (Lipinski definition) is 2.